The maximum Gasteiger partial charge on any atom is 0.416 e. The molecule has 3 heterocycles. The van der Waals surface area contributed by atoms with Crippen LogP contribution in [0.25, 0.3) is 16.5 Å². The first-order valence-electron chi connectivity index (χ1n) is 9.79. The Balaban J connectivity index is 1.61. The highest BCUT2D eigenvalue weighted by Crippen LogP contribution is 2.41. The van der Waals surface area contributed by atoms with Gasteiger partial charge >= 0.3 is 6.18 Å². The molecule has 1 fully saturated rings. The number of allylic oxidation sites excluding steroid dienone is 1. The number of thioether (sulfide) groups is 1. The molecule has 5 rings (SSSR count). The molecule has 0 aliphatic carbocycles. The van der Waals surface area contributed by atoms with Crippen LogP contribution in [-0.4, -0.2) is 45.0 Å². The molecule has 6 nitrogen and oxygen atoms in total. The second-order valence-electron chi connectivity index (χ2n) is 7.65. The summed E-state index contributed by atoms with van der Waals surface area (Å²) in [7, 11) is 0. The van der Waals surface area contributed by atoms with Crippen molar-refractivity contribution in [1.29, 1.82) is 0 Å². The summed E-state index contributed by atoms with van der Waals surface area (Å²) in [4.78, 5) is 30.1. The number of benzene rings is 2. The monoisotopic (exact) mass is 490 g/mol. The maximum atomic E-state index is 13.7. The number of likely N-dealkylation sites (tertiary alicyclic amines) is 1. The van der Waals surface area contributed by atoms with Crippen LogP contribution >= 0.6 is 23.4 Å². The Hall–Kier alpha value is -3.11. The second kappa shape index (κ2) is 8.03. The third-order valence-corrected chi connectivity index (χ3v) is 6.79. The van der Waals surface area contributed by atoms with Crippen LogP contribution in [0.15, 0.2) is 52.5 Å². The molecule has 3 aromatic rings. The van der Waals surface area contributed by atoms with E-state index in [1.807, 2.05) is 0 Å². The third kappa shape index (κ3) is 4.16. The number of hydrogen-bond acceptors (Lipinski definition) is 5. The van der Waals surface area contributed by atoms with Gasteiger partial charge in [0.1, 0.15) is 0 Å². The zero-order valence-electron chi connectivity index (χ0n) is 16.7. The van der Waals surface area contributed by atoms with Gasteiger partial charge in [-0.25, -0.2) is 0 Å². The lowest BCUT2D eigenvalue weighted by molar-refractivity contribution is -0.138. The molecule has 2 aliphatic heterocycles. The van der Waals surface area contributed by atoms with Crippen molar-refractivity contribution in [2.75, 3.05) is 13.1 Å². The minimum atomic E-state index is -4.61. The largest absolute Gasteiger partial charge is 0.416 e. The lowest BCUT2D eigenvalue weighted by Crippen LogP contribution is -2.49. The van der Waals surface area contributed by atoms with Crippen LogP contribution in [0.5, 0.6) is 0 Å². The highest BCUT2D eigenvalue weighted by Gasteiger charge is 2.37. The summed E-state index contributed by atoms with van der Waals surface area (Å²) in [6, 6.07) is 8.85. The van der Waals surface area contributed by atoms with Crippen molar-refractivity contribution >= 4 is 56.7 Å². The van der Waals surface area contributed by atoms with Gasteiger partial charge in [0, 0.05) is 10.4 Å². The third-order valence-electron chi connectivity index (χ3n) is 5.40. The number of Topliss-reactive ketones (excluding diaryl/α,β-unsaturated/α-hetero) is 1. The normalized spacial score (nSPS) is 18.1. The number of aliphatic imine (C=N–C) groups is 1. The number of ketones is 1. The molecule has 2 aromatic carbocycles. The Morgan fingerprint density at radius 3 is 2.67 bits per heavy atom. The minimum absolute atomic E-state index is 0.0114. The van der Waals surface area contributed by atoms with Crippen molar-refractivity contribution in [2.45, 2.75) is 12.6 Å². The number of amides is 1. The number of H-pyrrole nitrogens is 1. The Bertz CT molecular complexity index is 1370. The number of aromatic amines is 1. The molecule has 1 saturated heterocycles. The fourth-order valence-corrected chi connectivity index (χ4v) is 4.92. The van der Waals surface area contributed by atoms with Gasteiger partial charge in [0.25, 0.3) is 5.91 Å². The van der Waals surface area contributed by atoms with Crippen LogP contribution in [0, 0.1) is 0 Å². The number of carbonyl (C=O) groups is 2. The van der Waals surface area contributed by atoms with Crippen LogP contribution in [0.1, 0.15) is 16.7 Å². The summed E-state index contributed by atoms with van der Waals surface area (Å²) in [5.41, 5.74) is 0.877. The summed E-state index contributed by atoms with van der Waals surface area (Å²) in [6.07, 6.45) is -3.18. The summed E-state index contributed by atoms with van der Waals surface area (Å²) in [5, 5.41) is 7.91. The van der Waals surface area contributed by atoms with E-state index in [0.29, 0.717) is 16.3 Å². The SMILES string of the molecule is O=C1CN(C2=NC(=O)C(=C(Cc3ccc(Cl)cc3C(F)(F)F)c3ccc4[nH]ncc4c3)S2)C1. The molecule has 1 aromatic heterocycles. The molecule has 0 saturated carbocycles. The Morgan fingerprint density at radius 2 is 1.94 bits per heavy atom. The van der Waals surface area contributed by atoms with Gasteiger partial charge in [0.15, 0.2) is 11.0 Å². The van der Waals surface area contributed by atoms with Crippen molar-refractivity contribution in [3.05, 3.63) is 69.2 Å². The minimum Gasteiger partial charge on any atom is -0.336 e. The zero-order valence-corrected chi connectivity index (χ0v) is 18.3. The molecule has 0 spiro atoms. The quantitative estimate of drug-likeness (QED) is 0.538. The lowest BCUT2D eigenvalue weighted by atomic mass is 9.93. The Kier molecular flexibility index (Phi) is 5.29. The molecule has 168 valence electrons. The summed E-state index contributed by atoms with van der Waals surface area (Å²) in [5.74, 6) is -0.510. The molecule has 0 radical (unpaired) electrons. The maximum absolute atomic E-state index is 13.7. The molecule has 0 atom stereocenters. The van der Waals surface area contributed by atoms with Crippen LogP contribution < -0.4 is 0 Å². The average Bonchev–Trinajstić information content (AvgIpc) is 3.35. The number of amidine groups is 1. The summed E-state index contributed by atoms with van der Waals surface area (Å²) < 4.78 is 41.2. The van der Waals surface area contributed by atoms with E-state index in [2.05, 4.69) is 15.2 Å². The number of halogens is 4. The number of fused-ring (bicyclic) bond motifs is 1. The molecular weight excluding hydrogens is 477 g/mol. The Morgan fingerprint density at radius 1 is 1.15 bits per heavy atom. The number of aromatic nitrogens is 2. The van der Waals surface area contributed by atoms with Gasteiger partial charge in [-0.3, -0.25) is 14.7 Å². The smallest absolute Gasteiger partial charge is 0.336 e. The topological polar surface area (TPSA) is 78.4 Å². The van der Waals surface area contributed by atoms with Crippen molar-refractivity contribution in [2.24, 2.45) is 4.99 Å². The number of rotatable bonds is 3. The van der Waals surface area contributed by atoms with E-state index >= 15 is 0 Å². The number of alkyl halides is 3. The van der Waals surface area contributed by atoms with Crippen molar-refractivity contribution in [3.8, 4) is 0 Å². The average molecular weight is 491 g/mol. The molecule has 1 amide bonds. The van der Waals surface area contributed by atoms with E-state index in [0.717, 1.165) is 28.7 Å². The van der Waals surface area contributed by atoms with E-state index < -0.39 is 17.6 Å². The van der Waals surface area contributed by atoms with E-state index in [9.17, 15) is 22.8 Å². The predicted octanol–water partition coefficient (Wildman–Crippen LogP) is 4.70. The van der Waals surface area contributed by atoms with E-state index in [-0.39, 0.29) is 40.8 Å². The lowest BCUT2D eigenvalue weighted by Gasteiger charge is -2.30. The van der Waals surface area contributed by atoms with Crippen LogP contribution in [0.4, 0.5) is 13.2 Å². The van der Waals surface area contributed by atoms with E-state index in [1.54, 1.807) is 29.3 Å². The predicted molar refractivity (Wildman–Crippen MR) is 120 cm³/mol. The van der Waals surface area contributed by atoms with E-state index in [1.165, 1.54) is 12.1 Å². The summed E-state index contributed by atoms with van der Waals surface area (Å²) in [6.45, 7) is 0.330. The number of nitrogens with one attached hydrogen (secondary N) is 1. The van der Waals surface area contributed by atoms with Crippen LogP contribution in [-0.2, 0) is 22.2 Å². The first-order chi connectivity index (χ1) is 15.7. The number of nitrogens with zero attached hydrogens (tertiary/aromatic N) is 3. The molecule has 2 aliphatic rings. The van der Waals surface area contributed by atoms with Crippen molar-refractivity contribution in [3.63, 3.8) is 0 Å². The van der Waals surface area contributed by atoms with E-state index in [4.69, 9.17) is 11.6 Å². The molecule has 11 heteroatoms. The fraction of sp³-hybridized carbons (Fsp3) is 0.182. The Labute approximate surface area is 194 Å². The van der Waals surface area contributed by atoms with Gasteiger partial charge < -0.3 is 4.90 Å². The first kappa shape index (κ1) is 21.7. The molecule has 0 bridgehead atoms. The molecule has 0 unspecified atom stereocenters. The van der Waals surface area contributed by atoms with Crippen LogP contribution in [0.3, 0.4) is 0 Å². The van der Waals surface area contributed by atoms with Crippen LogP contribution in [0.2, 0.25) is 5.02 Å². The van der Waals surface area contributed by atoms with Crippen molar-refractivity contribution in [1.82, 2.24) is 15.1 Å². The number of hydrogen-bond donors (Lipinski definition) is 1. The highest BCUT2D eigenvalue weighted by atomic mass is 35.5. The van der Waals surface area contributed by atoms with Gasteiger partial charge in [-0.15, -0.1) is 0 Å². The van der Waals surface area contributed by atoms with Gasteiger partial charge in [-0.1, -0.05) is 23.7 Å². The fourth-order valence-electron chi connectivity index (χ4n) is 3.74. The molecular formula is C22H14ClF3N4O2S. The highest BCUT2D eigenvalue weighted by molar-refractivity contribution is 8.18. The number of carbonyl (C=O) groups excluding carboxylic acids is 2. The standard InChI is InChI=1S/C22H14ClF3N4O2S/c23-14-3-1-12(17(7-14)22(24,25)26)6-16(11-2-4-18-13(5-11)8-27-29-18)19-20(32)28-21(33-19)30-9-15(31)10-30/h1-5,7-8H,6,9-10H2,(H,27,29). The first-order valence-corrected chi connectivity index (χ1v) is 11.0. The van der Waals surface area contributed by atoms with Gasteiger partial charge in [-0.05, 0) is 59.1 Å². The van der Waals surface area contributed by atoms with Gasteiger partial charge in [0.2, 0.25) is 0 Å². The summed E-state index contributed by atoms with van der Waals surface area (Å²) >= 11 is 6.91. The zero-order chi connectivity index (χ0) is 23.3. The van der Waals surface area contributed by atoms with Crippen molar-refractivity contribution < 1.29 is 22.8 Å². The van der Waals surface area contributed by atoms with Gasteiger partial charge in [-0.2, -0.15) is 23.3 Å². The second-order valence-corrected chi connectivity index (χ2v) is 9.07. The molecule has 33 heavy (non-hydrogen) atoms. The molecule has 1 N–H and O–H groups in total. The van der Waals surface area contributed by atoms with Gasteiger partial charge in [0.05, 0.1) is 35.3 Å².